The van der Waals surface area contributed by atoms with Gasteiger partial charge in [-0.2, -0.15) is 0 Å². The highest BCUT2D eigenvalue weighted by Gasteiger charge is 2.23. The number of amides is 1. The van der Waals surface area contributed by atoms with E-state index in [4.69, 9.17) is 13.9 Å². The molecule has 120 valence electrons. The number of benzene rings is 1. The van der Waals surface area contributed by atoms with Crippen molar-refractivity contribution in [3.8, 4) is 0 Å². The predicted molar refractivity (Wildman–Crippen MR) is 80.1 cm³/mol. The van der Waals surface area contributed by atoms with Crippen molar-refractivity contribution >= 4 is 26.9 Å². The molecular weight excluding hydrogens is 310 g/mol. The van der Waals surface area contributed by atoms with E-state index in [-0.39, 0.29) is 18.1 Å². The second-order valence-corrected chi connectivity index (χ2v) is 6.44. The van der Waals surface area contributed by atoms with Crippen LogP contribution >= 0.6 is 0 Å². The molecule has 0 saturated carbocycles. The van der Waals surface area contributed by atoms with Crippen LogP contribution in [0.1, 0.15) is 10.6 Å². The zero-order valence-corrected chi connectivity index (χ0v) is 13.1. The number of hydrogen-bond donors (Lipinski definition) is 1. The molecule has 0 bridgehead atoms. The fourth-order valence-electron chi connectivity index (χ4n) is 1.94. The number of para-hydroxylation sites is 1. The minimum absolute atomic E-state index is 0.0644. The lowest BCUT2D eigenvalue weighted by Crippen LogP contribution is -2.38. The number of ether oxygens (including phenoxy) is 2. The van der Waals surface area contributed by atoms with E-state index in [1.165, 1.54) is 20.3 Å². The summed E-state index contributed by atoms with van der Waals surface area (Å²) in [5.74, 6) is -1.27. The van der Waals surface area contributed by atoms with Crippen molar-refractivity contribution < 1.29 is 27.1 Å². The third kappa shape index (κ3) is 4.06. The Morgan fingerprint density at radius 2 is 2.05 bits per heavy atom. The van der Waals surface area contributed by atoms with Gasteiger partial charge in [0, 0.05) is 19.6 Å². The number of carbonyl (C=O) groups is 1. The minimum atomic E-state index is -3.86. The van der Waals surface area contributed by atoms with Crippen LogP contribution < -0.4 is 4.72 Å². The lowest BCUT2D eigenvalue weighted by Gasteiger charge is -2.14. The van der Waals surface area contributed by atoms with Gasteiger partial charge >= 0.3 is 0 Å². The monoisotopic (exact) mass is 327 g/mol. The third-order valence-corrected chi connectivity index (χ3v) is 4.30. The van der Waals surface area contributed by atoms with E-state index in [2.05, 4.69) is 0 Å². The molecule has 0 fully saturated rings. The molecule has 0 saturated heterocycles. The Bertz CT molecular complexity index is 719. The second-order valence-electron chi connectivity index (χ2n) is 4.67. The summed E-state index contributed by atoms with van der Waals surface area (Å²) in [7, 11) is -1.05. The highest BCUT2D eigenvalue weighted by atomic mass is 32.2. The quantitative estimate of drug-likeness (QED) is 0.820. The van der Waals surface area contributed by atoms with E-state index < -0.39 is 22.0 Å². The first-order chi connectivity index (χ1) is 10.4. The molecule has 0 aliphatic carbocycles. The lowest BCUT2D eigenvalue weighted by molar-refractivity contribution is 0.0419. The van der Waals surface area contributed by atoms with Gasteiger partial charge in [-0.3, -0.25) is 4.79 Å². The topological polar surface area (TPSA) is 94.8 Å². The Labute approximate surface area is 128 Å². The van der Waals surface area contributed by atoms with E-state index in [1.54, 1.807) is 24.3 Å². The highest BCUT2D eigenvalue weighted by molar-refractivity contribution is 7.90. The summed E-state index contributed by atoms with van der Waals surface area (Å²) in [6.07, 6.45) is -0.661. The molecule has 0 spiro atoms. The summed E-state index contributed by atoms with van der Waals surface area (Å²) in [6.45, 7) is 0.107. The van der Waals surface area contributed by atoms with Gasteiger partial charge < -0.3 is 13.9 Å². The predicted octanol–water partition coefficient (Wildman–Crippen LogP) is 1.15. The Hall–Kier alpha value is -1.90. The molecule has 8 heteroatoms. The molecule has 1 N–H and O–H groups in total. The number of rotatable bonds is 7. The number of sulfonamides is 1. The number of hydrogen-bond acceptors (Lipinski definition) is 6. The summed E-state index contributed by atoms with van der Waals surface area (Å²) in [5.41, 5.74) is 0.513. The van der Waals surface area contributed by atoms with E-state index in [0.29, 0.717) is 5.58 Å². The van der Waals surface area contributed by atoms with Crippen LogP contribution in [0.4, 0.5) is 0 Å². The van der Waals surface area contributed by atoms with Crippen molar-refractivity contribution in [2.24, 2.45) is 0 Å². The summed E-state index contributed by atoms with van der Waals surface area (Å²) < 4.78 is 41.0. The van der Waals surface area contributed by atoms with E-state index in [0.717, 1.165) is 5.39 Å². The first-order valence-corrected chi connectivity index (χ1v) is 8.15. The van der Waals surface area contributed by atoms with Crippen molar-refractivity contribution in [3.63, 3.8) is 0 Å². The number of fused-ring (bicyclic) bond motifs is 1. The molecule has 0 aliphatic rings. The molecule has 1 unspecified atom stereocenters. The van der Waals surface area contributed by atoms with Crippen LogP contribution in [0.15, 0.2) is 34.7 Å². The van der Waals surface area contributed by atoms with Gasteiger partial charge in [0.05, 0.1) is 18.5 Å². The van der Waals surface area contributed by atoms with Crippen LogP contribution in [0.25, 0.3) is 11.0 Å². The van der Waals surface area contributed by atoms with E-state index >= 15 is 0 Å². The van der Waals surface area contributed by atoms with Gasteiger partial charge in [0.15, 0.2) is 5.76 Å². The maximum absolute atomic E-state index is 12.0. The zero-order valence-electron chi connectivity index (χ0n) is 12.2. The van der Waals surface area contributed by atoms with Gasteiger partial charge in [-0.05, 0) is 12.1 Å². The second kappa shape index (κ2) is 6.91. The van der Waals surface area contributed by atoms with Crippen LogP contribution in [0.5, 0.6) is 0 Å². The molecule has 2 rings (SSSR count). The average molecular weight is 327 g/mol. The largest absolute Gasteiger partial charge is 0.451 e. The summed E-state index contributed by atoms with van der Waals surface area (Å²) in [6, 6.07) is 8.51. The smallest absolute Gasteiger partial charge is 0.300 e. The Morgan fingerprint density at radius 1 is 1.32 bits per heavy atom. The van der Waals surface area contributed by atoms with Gasteiger partial charge in [-0.25, -0.2) is 13.1 Å². The van der Waals surface area contributed by atoms with Crippen LogP contribution in [0.3, 0.4) is 0 Å². The maximum Gasteiger partial charge on any atom is 0.300 e. The van der Waals surface area contributed by atoms with Gasteiger partial charge in [0.25, 0.3) is 5.91 Å². The van der Waals surface area contributed by atoms with E-state index in [9.17, 15) is 13.2 Å². The van der Waals surface area contributed by atoms with Crippen LogP contribution in [-0.2, 0) is 19.5 Å². The number of nitrogens with one attached hydrogen (secondary N) is 1. The minimum Gasteiger partial charge on any atom is -0.451 e. The fourth-order valence-corrected chi connectivity index (χ4v) is 3.13. The summed E-state index contributed by atoms with van der Waals surface area (Å²) >= 11 is 0. The summed E-state index contributed by atoms with van der Waals surface area (Å²) in [5, 5.41) is 0.721. The SMILES string of the molecule is COCC(CS(=O)(=O)NC(=O)c1cc2ccccc2o1)OC. The molecule has 22 heavy (non-hydrogen) atoms. The molecule has 1 aromatic heterocycles. The number of furan rings is 1. The first-order valence-electron chi connectivity index (χ1n) is 6.50. The number of carbonyl (C=O) groups excluding carboxylic acids is 1. The average Bonchev–Trinajstić information content (AvgIpc) is 2.90. The van der Waals surface area contributed by atoms with Gasteiger partial charge in [-0.15, -0.1) is 0 Å². The number of methoxy groups -OCH3 is 2. The van der Waals surface area contributed by atoms with Crippen molar-refractivity contribution in [1.29, 1.82) is 0 Å². The first kappa shape index (κ1) is 16.5. The Morgan fingerprint density at radius 3 is 2.68 bits per heavy atom. The molecule has 2 aromatic rings. The lowest BCUT2D eigenvalue weighted by atomic mass is 10.2. The molecule has 7 nitrogen and oxygen atoms in total. The summed E-state index contributed by atoms with van der Waals surface area (Å²) in [4.78, 5) is 12.0. The Kier molecular flexibility index (Phi) is 5.17. The maximum atomic E-state index is 12.0. The van der Waals surface area contributed by atoms with Crippen molar-refractivity contribution in [2.45, 2.75) is 6.10 Å². The molecule has 0 radical (unpaired) electrons. The highest BCUT2D eigenvalue weighted by Crippen LogP contribution is 2.18. The van der Waals surface area contributed by atoms with E-state index in [1.807, 2.05) is 4.72 Å². The van der Waals surface area contributed by atoms with Gasteiger partial charge in [0.1, 0.15) is 5.58 Å². The molecule has 0 aliphatic heterocycles. The van der Waals surface area contributed by atoms with Crippen molar-refractivity contribution in [2.75, 3.05) is 26.6 Å². The van der Waals surface area contributed by atoms with Gasteiger partial charge in [0.2, 0.25) is 10.0 Å². The standard InChI is InChI=1S/C14H17NO6S/c1-19-8-11(20-2)9-22(17,18)15-14(16)13-7-10-5-3-4-6-12(10)21-13/h3-7,11H,8-9H2,1-2H3,(H,15,16). The zero-order chi connectivity index (χ0) is 16.2. The molecule has 1 aromatic carbocycles. The van der Waals surface area contributed by atoms with Crippen LogP contribution in [0, 0.1) is 0 Å². The van der Waals surface area contributed by atoms with Gasteiger partial charge in [-0.1, -0.05) is 18.2 Å². The fraction of sp³-hybridized carbons (Fsp3) is 0.357. The van der Waals surface area contributed by atoms with Crippen molar-refractivity contribution in [1.82, 2.24) is 4.72 Å². The molecule has 1 amide bonds. The molecular formula is C14H17NO6S. The Balaban J connectivity index is 2.09. The van der Waals surface area contributed by atoms with Crippen LogP contribution in [0.2, 0.25) is 0 Å². The third-order valence-electron chi connectivity index (χ3n) is 2.99. The molecule has 1 atom stereocenters. The van der Waals surface area contributed by atoms with Crippen molar-refractivity contribution in [3.05, 3.63) is 36.1 Å². The normalized spacial score (nSPS) is 13.2. The molecule has 1 heterocycles. The van der Waals surface area contributed by atoms with Crippen LogP contribution in [-0.4, -0.2) is 47.0 Å².